The van der Waals surface area contributed by atoms with Crippen molar-refractivity contribution >= 4 is 12.6 Å². The van der Waals surface area contributed by atoms with Gasteiger partial charge in [0.15, 0.2) is 0 Å². The van der Waals surface area contributed by atoms with Gasteiger partial charge in [-0.25, -0.2) is 0 Å². The number of rotatable bonds is 0. The Bertz CT molecular complexity index is 153. The summed E-state index contributed by atoms with van der Waals surface area (Å²) in [6.45, 7) is 0. The predicted octanol–water partition coefficient (Wildman–Crippen LogP) is 1.05. The van der Waals surface area contributed by atoms with Crippen LogP contribution in [-0.2, 0) is 0 Å². The molecule has 0 saturated heterocycles. The van der Waals surface area contributed by atoms with Crippen LogP contribution >= 0.6 is 12.6 Å². The van der Waals surface area contributed by atoms with Crippen molar-refractivity contribution in [1.82, 2.24) is 5.43 Å². The van der Waals surface area contributed by atoms with E-state index in [1.54, 1.807) is 7.05 Å². The van der Waals surface area contributed by atoms with Gasteiger partial charge in [-0.3, -0.25) is 11.3 Å². The van der Waals surface area contributed by atoms with Crippen LogP contribution in [0.5, 0.6) is 0 Å². The lowest BCUT2D eigenvalue weighted by atomic mass is 10.4. The minimum Gasteiger partial charge on any atom is -0.272 e. The lowest BCUT2D eigenvalue weighted by Crippen LogP contribution is -2.13. The molecule has 1 aromatic carbocycles. The van der Waals surface area contributed by atoms with Gasteiger partial charge in [0.1, 0.15) is 0 Å². The highest BCUT2D eigenvalue weighted by Crippen LogP contribution is 2.00. The van der Waals surface area contributed by atoms with E-state index in [0.29, 0.717) is 0 Å². The Morgan fingerprint density at radius 2 is 1.70 bits per heavy atom. The molecule has 0 atom stereocenters. The van der Waals surface area contributed by atoms with Crippen LogP contribution in [0.3, 0.4) is 0 Å². The van der Waals surface area contributed by atoms with E-state index < -0.39 is 0 Å². The largest absolute Gasteiger partial charge is 0.272 e. The molecule has 56 valence electrons. The zero-order valence-electron chi connectivity index (χ0n) is 5.91. The Hall–Kier alpha value is -0.510. The molecule has 3 heteroatoms. The summed E-state index contributed by atoms with van der Waals surface area (Å²) in [6.07, 6.45) is 0. The van der Waals surface area contributed by atoms with Crippen LogP contribution < -0.4 is 11.3 Å². The highest BCUT2D eigenvalue weighted by atomic mass is 32.1. The van der Waals surface area contributed by atoms with E-state index in [4.69, 9.17) is 0 Å². The van der Waals surface area contributed by atoms with Crippen molar-refractivity contribution in [3.8, 4) is 0 Å². The summed E-state index contributed by atoms with van der Waals surface area (Å²) < 4.78 is 0. The maximum Gasteiger partial charge on any atom is 0.00399 e. The van der Waals surface area contributed by atoms with Gasteiger partial charge < -0.3 is 0 Å². The number of nitrogens with two attached hydrogens (primary N) is 1. The van der Waals surface area contributed by atoms with Crippen molar-refractivity contribution in [3.63, 3.8) is 0 Å². The van der Waals surface area contributed by atoms with Gasteiger partial charge in [-0.2, -0.15) is 0 Å². The summed E-state index contributed by atoms with van der Waals surface area (Å²) in [5.74, 6) is 4.60. The summed E-state index contributed by atoms with van der Waals surface area (Å²) >= 11 is 4.08. The molecule has 0 spiro atoms. The summed E-state index contributed by atoms with van der Waals surface area (Å²) in [5, 5.41) is 0. The van der Waals surface area contributed by atoms with Gasteiger partial charge in [0.2, 0.25) is 0 Å². The molecule has 0 saturated carbocycles. The van der Waals surface area contributed by atoms with Crippen molar-refractivity contribution in [2.24, 2.45) is 5.84 Å². The fourth-order valence-electron chi connectivity index (χ4n) is 0.428. The van der Waals surface area contributed by atoms with Crippen LogP contribution in [0.2, 0.25) is 0 Å². The topological polar surface area (TPSA) is 38.0 Å². The summed E-state index contributed by atoms with van der Waals surface area (Å²) in [6, 6.07) is 9.79. The fraction of sp³-hybridized carbons (Fsp3) is 0.143. The Morgan fingerprint density at radius 3 is 1.90 bits per heavy atom. The number of hydrogen-bond donors (Lipinski definition) is 3. The Labute approximate surface area is 66.8 Å². The molecule has 0 unspecified atom stereocenters. The van der Waals surface area contributed by atoms with E-state index in [9.17, 15) is 0 Å². The first-order valence-corrected chi connectivity index (χ1v) is 3.37. The second kappa shape index (κ2) is 6.61. The third-order valence-corrected chi connectivity index (χ3v) is 1.05. The smallest absolute Gasteiger partial charge is 0.00399 e. The first-order valence-electron chi connectivity index (χ1n) is 2.92. The highest BCUT2D eigenvalue weighted by molar-refractivity contribution is 7.80. The monoisotopic (exact) mass is 156 g/mol. The Balaban J connectivity index is 0.000000236. The van der Waals surface area contributed by atoms with Gasteiger partial charge >= 0.3 is 0 Å². The van der Waals surface area contributed by atoms with Gasteiger partial charge in [-0.05, 0) is 19.2 Å². The minimum absolute atomic E-state index is 1.02. The third kappa shape index (κ3) is 5.62. The SMILES string of the molecule is CNN.Sc1ccccc1. The molecular weight excluding hydrogens is 144 g/mol. The number of thiol groups is 1. The van der Waals surface area contributed by atoms with Crippen LogP contribution in [0, 0.1) is 0 Å². The van der Waals surface area contributed by atoms with Crippen LogP contribution in [0.1, 0.15) is 0 Å². The quantitative estimate of drug-likeness (QED) is 0.298. The molecule has 0 fully saturated rings. The number of nitrogens with one attached hydrogen (secondary N) is 1. The van der Waals surface area contributed by atoms with Gasteiger partial charge in [0, 0.05) is 4.90 Å². The summed E-state index contributed by atoms with van der Waals surface area (Å²) in [7, 11) is 1.65. The van der Waals surface area contributed by atoms with E-state index in [2.05, 4.69) is 23.9 Å². The highest BCUT2D eigenvalue weighted by Gasteiger charge is 1.73. The third-order valence-electron chi connectivity index (χ3n) is 0.756. The first-order chi connectivity index (χ1) is 4.81. The second-order valence-electron chi connectivity index (χ2n) is 1.62. The number of hydrogen-bond acceptors (Lipinski definition) is 3. The normalized spacial score (nSPS) is 7.90. The standard InChI is InChI=1S/C6H6S.CH6N2/c7-6-4-2-1-3-5-6;1-3-2/h1-5,7H;3H,2H2,1H3. The predicted molar refractivity (Wildman–Crippen MR) is 46.9 cm³/mol. The molecule has 2 nitrogen and oxygen atoms in total. The van der Waals surface area contributed by atoms with Crippen LogP contribution in [0.25, 0.3) is 0 Å². The van der Waals surface area contributed by atoms with E-state index >= 15 is 0 Å². The first kappa shape index (κ1) is 9.49. The van der Waals surface area contributed by atoms with E-state index in [0.717, 1.165) is 4.90 Å². The van der Waals surface area contributed by atoms with Crippen LogP contribution in [0.4, 0.5) is 0 Å². The van der Waals surface area contributed by atoms with E-state index in [1.807, 2.05) is 30.3 Å². The molecule has 0 aliphatic heterocycles. The average Bonchev–Trinajstić information content (AvgIpc) is 1.91. The van der Waals surface area contributed by atoms with Gasteiger partial charge in [-0.15, -0.1) is 12.6 Å². The minimum atomic E-state index is 1.02. The van der Waals surface area contributed by atoms with Gasteiger partial charge in [0.25, 0.3) is 0 Å². The molecule has 0 radical (unpaired) electrons. The molecule has 1 aromatic rings. The van der Waals surface area contributed by atoms with Crippen molar-refractivity contribution in [2.45, 2.75) is 4.90 Å². The maximum atomic E-state index is 4.60. The average molecular weight is 156 g/mol. The van der Waals surface area contributed by atoms with E-state index in [-0.39, 0.29) is 0 Å². The zero-order valence-corrected chi connectivity index (χ0v) is 6.81. The molecular formula is C7H12N2S. The van der Waals surface area contributed by atoms with Crippen LogP contribution in [0.15, 0.2) is 35.2 Å². The molecule has 0 bridgehead atoms. The molecule has 0 amide bonds. The molecule has 1 rings (SSSR count). The summed E-state index contributed by atoms with van der Waals surface area (Å²) in [5.41, 5.74) is 2.25. The van der Waals surface area contributed by atoms with Crippen molar-refractivity contribution in [2.75, 3.05) is 7.05 Å². The maximum absolute atomic E-state index is 4.60. The van der Waals surface area contributed by atoms with Gasteiger partial charge in [0.05, 0.1) is 0 Å². The number of benzene rings is 1. The van der Waals surface area contributed by atoms with Crippen LogP contribution in [-0.4, -0.2) is 7.05 Å². The van der Waals surface area contributed by atoms with Crippen molar-refractivity contribution < 1.29 is 0 Å². The molecule has 0 aliphatic carbocycles. The second-order valence-corrected chi connectivity index (χ2v) is 2.14. The van der Waals surface area contributed by atoms with Crippen molar-refractivity contribution in [3.05, 3.63) is 30.3 Å². The lowest BCUT2D eigenvalue weighted by Gasteiger charge is -1.81. The Kier molecular flexibility index (Phi) is 6.27. The fourth-order valence-corrected chi connectivity index (χ4v) is 0.600. The van der Waals surface area contributed by atoms with Gasteiger partial charge in [-0.1, -0.05) is 18.2 Å². The lowest BCUT2D eigenvalue weighted by molar-refractivity contribution is 0.900. The van der Waals surface area contributed by atoms with E-state index in [1.165, 1.54) is 0 Å². The molecule has 0 aliphatic rings. The molecule has 0 heterocycles. The number of hydrazine groups is 1. The van der Waals surface area contributed by atoms with Crippen molar-refractivity contribution in [1.29, 1.82) is 0 Å². The molecule has 0 aromatic heterocycles. The zero-order chi connectivity index (χ0) is 7.82. The summed E-state index contributed by atoms with van der Waals surface area (Å²) in [4.78, 5) is 1.02. The molecule has 3 N–H and O–H groups in total. The molecule has 10 heavy (non-hydrogen) atoms. The Morgan fingerprint density at radius 1 is 1.30 bits per heavy atom.